The van der Waals surface area contributed by atoms with Crippen molar-refractivity contribution in [3.05, 3.63) is 35.4 Å². The van der Waals surface area contributed by atoms with Gasteiger partial charge in [0.1, 0.15) is 0 Å². The fourth-order valence-corrected chi connectivity index (χ4v) is 2.21. The number of hydrogen-bond donors (Lipinski definition) is 1. The molecule has 0 bridgehead atoms. The number of halogens is 3. The van der Waals surface area contributed by atoms with E-state index in [4.69, 9.17) is 0 Å². The van der Waals surface area contributed by atoms with Crippen LogP contribution in [0.3, 0.4) is 0 Å². The third kappa shape index (κ3) is 5.95. The van der Waals surface area contributed by atoms with Crippen LogP contribution in [-0.2, 0) is 11.8 Å². The molecule has 1 nitrogen and oxygen atoms in total. The number of rotatable bonds is 5. The maximum absolute atomic E-state index is 12.5. The average Bonchev–Trinajstić information content (AvgIpc) is 2.26. The van der Waals surface area contributed by atoms with Crippen LogP contribution in [0.25, 0.3) is 0 Å². The monoisotopic (exact) mass is 287 g/mol. The summed E-state index contributed by atoms with van der Waals surface area (Å²) in [7, 11) is 0. The van der Waals surface area contributed by atoms with Crippen LogP contribution in [0.5, 0.6) is 0 Å². The van der Waals surface area contributed by atoms with Crippen LogP contribution in [0.1, 0.15) is 45.2 Å². The molecule has 1 aromatic rings. The van der Waals surface area contributed by atoms with Crippen molar-refractivity contribution >= 4 is 0 Å². The molecule has 0 aromatic heterocycles. The minimum absolute atomic E-state index is 0.0611. The van der Waals surface area contributed by atoms with Crippen molar-refractivity contribution in [1.82, 2.24) is 5.32 Å². The topological polar surface area (TPSA) is 12.0 Å². The molecule has 0 saturated heterocycles. The van der Waals surface area contributed by atoms with Crippen molar-refractivity contribution in [2.45, 2.75) is 58.2 Å². The fraction of sp³-hybridized carbons (Fsp3) is 0.625. The third-order valence-electron chi connectivity index (χ3n) is 3.27. The summed E-state index contributed by atoms with van der Waals surface area (Å²) in [5.41, 5.74) is 2.19. The summed E-state index contributed by atoms with van der Waals surface area (Å²) in [5.74, 6) is 0. The summed E-state index contributed by atoms with van der Waals surface area (Å²) in [6, 6.07) is 7.32. The average molecular weight is 287 g/mol. The Balaban J connectivity index is 2.74. The normalized spacial score (nSPS) is 14.3. The first-order valence-electron chi connectivity index (χ1n) is 7.01. The second-order valence-corrected chi connectivity index (χ2v) is 6.22. The Morgan fingerprint density at radius 2 is 1.60 bits per heavy atom. The van der Waals surface area contributed by atoms with Crippen LogP contribution in [0.2, 0.25) is 0 Å². The minimum atomic E-state index is -4.13. The Labute approximate surface area is 119 Å². The Morgan fingerprint density at radius 1 is 1.05 bits per heavy atom. The molecule has 0 saturated carbocycles. The highest BCUT2D eigenvalue weighted by atomic mass is 19.4. The van der Waals surface area contributed by atoms with Crippen molar-refractivity contribution in [2.75, 3.05) is 6.54 Å². The summed E-state index contributed by atoms with van der Waals surface area (Å²) in [6.07, 6.45) is -4.52. The molecule has 0 heterocycles. The lowest BCUT2D eigenvalue weighted by molar-refractivity contribution is -0.139. The molecule has 1 N–H and O–H groups in total. The van der Waals surface area contributed by atoms with Gasteiger partial charge in [0.2, 0.25) is 0 Å². The maximum Gasteiger partial charge on any atom is 0.390 e. The highest BCUT2D eigenvalue weighted by Crippen LogP contribution is 2.25. The van der Waals surface area contributed by atoms with Crippen molar-refractivity contribution < 1.29 is 13.2 Å². The summed E-state index contributed by atoms with van der Waals surface area (Å²) in [5, 5.41) is 2.91. The molecular formula is C16H24F3N. The van der Waals surface area contributed by atoms with E-state index in [2.05, 4.69) is 26.1 Å². The van der Waals surface area contributed by atoms with Crippen LogP contribution in [0.15, 0.2) is 24.3 Å². The van der Waals surface area contributed by atoms with E-state index < -0.39 is 18.6 Å². The maximum atomic E-state index is 12.5. The molecule has 0 aliphatic carbocycles. The molecule has 0 aliphatic heterocycles. The lowest BCUT2D eigenvalue weighted by atomic mass is 9.86. The largest absolute Gasteiger partial charge is 0.390 e. The van der Waals surface area contributed by atoms with Crippen LogP contribution in [-0.4, -0.2) is 18.8 Å². The lowest BCUT2D eigenvalue weighted by Gasteiger charge is -2.21. The molecule has 20 heavy (non-hydrogen) atoms. The van der Waals surface area contributed by atoms with Gasteiger partial charge in [0, 0.05) is 6.04 Å². The van der Waals surface area contributed by atoms with Crippen LogP contribution in [0, 0.1) is 0 Å². The van der Waals surface area contributed by atoms with E-state index in [0.717, 1.165) is 5.56 Å². The lowest BCUT2D eigenvalue weighted by Crippen LogP contribution is -2.35. The van der Waals surface area contributed by atoms with Gasteiger partial charge in [-0.3, -0.25) is 0 Å². The van der Waals surface area contributed by atoms with Crippen LogP contribution in [0.4, 0.5) is 13.2 Å². The van der Waals surface area contributed by atoms with Gasteiger partial charge in [-0.25, -0.2) is 0 Å². The van der Waals surface area contributed by atoms with Gasteiger partial charge in [0.25, 0.3) is 0 Å². The number of likely N-dealkylation sites (N-methyl/N-ethyl adjacent to an activating group) is 1. The zero-order chi connectivity index (χ0) is 15.4. The Bertz CT molecular complexity index is 401. The number of benzene rings is 1. The standard InChI is InChI=1S/C16H24F3N/c1-5-20-14(11-16(17,18)19)10-12-6-8-13(9-7-12)15(2,3)4/h6-9,14,20H,5,10-11H2,1-4H3. The van der Waals surface area contributed by atoms with E-state index in [-0.39, 0.29) is 5.41 Å². The Hall–Kier alpha value is -1.03. The first kappa shape index (κ1) is 17.0. The van der Waals surface area contributed by atoms with Gasteiger partial charge in [-0.05, 0) is 29.5 Å². The predicted molar refractivity (Wildman–Crippen MR) is 77.0 cm³/mol. The first-order valence-corrected chi connectivity index (χ1v) is 7.01. The predicted octanol–water partition coefficient (Wildman–Crippen LogP) is 4.46. The molecule has 1 rings (SSSR count). The van der Waals surface area contributed by atoms with Gasteiger partial charge in [-0.15, -0.1) is 0 Å². The summed E-state index contributed by atoms with van der Waals surface area (Å²) in [6.45, 7) is 8.72. The van der Waals surface area contributed by atoms with E-state index in [0.29, 0.717) is 13.0 Å². The molecule has 1 atom stereocenters. The van der Waals surface area contributed by atoms with Crippen molar-refractivity contribution in [2.24, 2.45) is 0 Å². The molecule has 4 heteroatoms. The van der Waals surface area contributed by atoms with E-state index in [1.54, 1.807) is 0 Å². The van der Waals surface area contributed by atoms with Gasteiger partial charge >= 0.3 is 6.18 Å². The molecule has 0 amide bonds. The molecular weight excluding hydrogens is 263 g/mol. The number of nitrogens with one attached hydrogen (secondary N) is 1. The van der Waals surface area contributed by atoms with Gasteiger partial charge < -0.3 is 5.32 Å². The van der Waals surface area contributed by atoms with E-state index in [9.17, 15) is 13.2 Å². The van der Waals surface area contributed by atoms with Gasteiger partial charge in [0.15, 0.2) is 0 Å². The highest BCUT2D eigenvalue weighted by molar-refractivity contribution is 5.28. The quantitative estimate of drug-likeness (QED) is 0.843. The van der Waals surface area contributed by atoms with E-state index in [1.165, 1.54) is 5.56 Å². The van der Waals surface area contributed by atoms with Crippen molar-refractivity contribution in [1.29, 1.82) is 0 Å². The molecule has 0 fully saturated rings. The van der Waals surface area contributed by atoms with Crippen molar-refractivity contribution in [3.63, 3.8) is 0 Å². The highest BCUT2D eigenvalue weighted by Gasteiger charge is 2.31. The zero-order valence-corrected chi connectivity index (χ0v) is 12.6. The molecule has 1 aromatic carbocycles. The zero-order valence-electron chi connectivity index (χ0n) is 12.6. The Morgan fingerprint density at radius 3 is 2.00 bits per heavy atom. The van der Waals surface area contributed by atoms with Crippen LogP contribution < -0.4 is 5.32 Å². The third-order valence-corrected chi connectivity index (χ3v) is 3.27. The van der Waals surface area contributed by atoms with Gasteiger partial charge in [-0.1, -0.05) is 52.0 Å². The smallest absolute Gasteiger partial charge is 0.314 e. The van der Waals surface area contributed by atoms with Gasteiger partial charge in [0.05, 0.1) is 6.42 Å². The second-order valence-electron chi connectivity index (χ2n) is 6.22. The number of alkyl halides is 3. The second kappa shape index (κ2) is 6.61. The minimum Gasteiger partial charge on any atom is -0.314 e. The van der Waals surface area contributed by atoms with Crippen LogP contribution >= 0.6 is 0 Å². The van der Waals surface area contributed by atoms with Crippen molar-refractivity contribution in [3.8, 4) is 0 Å². The SMILES string of the molecule is CCNC(Cc1ccc(C(C)(C)C)cc1)CC(F)(F)F. The Kier molecular flexibility index (Phi) is 5.63. The number of hydrogen-bond acceptors (Lipinski definition) is 1. The molecule has 114 valence electrons. The summed E-state index contributed by atoms with van der Waals surface area (Å²) < 4.78 is 37.5. The summed E-state index contributed by atoms with van der Waals surface area (Å²) >= 11 is 0. The first-order chi connectivity index (χ1) is 9.12. The summed E-state index contributed by atoms with van der Waals surface area (Å²) in [4.78, 5) is 0. The molecule has 0 radical (unpaired) electrons. The fourth-order valence-electron chi connectivity index (χ4n) is 2.21. The molecule has 1 unspecified atom stereocenters. The van der Waals surface area contributed by atoms with Gasteiger partial charge in [-0.2, -0.15) is 13.2 Å². The molecule has 0 aliphatic rings. The van der Waals surface area contributed by atoms with E-state index >= 15 is 0 Å². The van der Waals surface area contributed by atoms with E-state index in [1.807, 2.05) is 31.2 Å². The molecule has 0 spiro atoms.